The van der Waals surface area contributed by atoms with Crippen LogP contribution in [0.3, 0.4) is 0 Å². The Labute approximate surface area is 161 Å². The Hall–Kier alpha value is -2.66. The van der Waals surface area contributed by atoms with Gasteiger partial charge in [-0.2, -0.15) is 0 Å². The van der Waals surface area contributed by atoms with E-state index in [1.807, 2.05) is 26.0 Å². The molecule has 1 fully saturated rings. The molecule has 0 bridgehead atoms. The number of nitrogens with one attached hydrogen (secondary N) is 1. The number of amides is 2. The van der Waals surface area contributed by atoms with Gasteiger partial charge in [0.05, 0.1) is 6.04 Å². The number of rotatable bonds is 4. The Morgan fingerprint density at radius 3 is 1.74 bits per heavy atom. The van der Waals surface area contributed by atoms with E-state index in [1.165, 1.54) is 11.1 Å². The van der Waals surface area contributed by atoms with E-state index in [0.717, 1.165) is 13.1 Å². The Morgan fingerprint density at radius 1 is 0.815 bits per heavy atom. The third-order valence-corrected chi connectivity index (χ3v) is 4.81. The van der Waals surface area contributed by atoms with E-state index in [4.69, 9.17) is 0 Å². The van der Waals surface area contributed by atoms with Gasteiger partial charge in [-0.1, -0.05) is 60.7 Å². The third-order valence-electron chi connectivity index (χ3n) is 4.81. The van der Waals surface area contributed by atoms with Crippen LogP contribution in [-0.4, -0.2) is 53.8 Å². The molecule has 1 heterocycles. The van der Waals surface area contributed by atoms with Crippen molar-refractivity contribution in [2.24, 2.45) is 0 Å². The second-order valence-electron chi connectivity index (χ2n) is 7.18. The van der Waals surface area contributed by atoms with Crippen LogP contribution in [0.15, 0.2) is 60.7 Å². The van der Waals surface area contributed by atoms with Crippen LogP contribution in [0.1, 0.15) is 31.0 Å². The number of benzene rings is 2. The summed E-state index contributed by atoms with van der Waals surface area (Å²) in [5, 5.41) is 2.68. The Bertz CT molecular complexity index is 714. The van der Waals surface area contributed by atoms with Gasteiger partial charge in [-0.15, -0.1) is 0 Å². The first kappa shape index (κ1) is 19.1. The molecule has 1 N–H and O–H groups in total. The van der Waals surface area contributed by atoms with E-state index in [2.05, 4.69) is 58.7 Å². The van der Waals surface area contributed by atoms with Crippen LogP contribution in [0.2, 0.25) is 0 Å². The summed E-state index contributed by atoms with van der Waals surface area (Å²) >= 11 is 0. The standard InChI is InChI=1S/C22H27N3O2/c1-17(2)23-21(26)22(27)25-15-13-24(14-16-25)20(18-9-5-3-6-10-18)19-11-7-4-8-12-19/h3-12,17,20H,13-16H2,1-2H3,(H,23,26). The summed E-state index contributed by atoms with van der Waals surface area (Å²) in [5.74, 6) is -0.944. The highest BCUT2D eigenvalue weighted by atomic mass is 16.2. The van der Waals surface area contributed by atoms with Crippen molar-refractivity contribution in [1.82, 2.24) is 15.1 Å². The Balaban J connectivity index is 1.72. The molecule has 1 aliphatic rings. The van der Waals surface area contributed by atoms with Gasteiger partial charge in [-0.05, 0) is 25.0 Å². The second-order valence-corrected chi connectivity index (χ2v) is 7.18. The minimum absolute atomic E-state index is 0.0386. The summed E-state index contributed by atoms with van der Waals surface area (Å²) < 4.78 is 0. The number of piperazine rings is 1. The van der Waals surface area contributed by atoms with Crippen molar-refractivity contribution in [3.63, 3.8) is 0 Å². The fraction of sp³-hybridized carbons (Fsp3) is 0.364. The number of nitrogens with zero attached hydrogens (tertiary/aromatic N) is 2. The maximum atomic E-state index is 12.3. The molecule has 0 unspecified atom stereocenters. The summed E-state index contributed by atoms with van der Waals surface area (Å²) in [7, 11) is 0. The molecule has 1 saturated heterocycles. The van der Waals surface area contributed by atoms with E-state index < -0.39 is 11.8 Å². The molecular weight excluding hydrogens is 338 g/mol. The van der Waals surface area contributed by atoms with Gasteiger partial charge in [0.1, 0.15) is 0 Å². The zero-order valence-corrected chi connectivity index (χ0v) is 16.0. The first-order valence-corrected chi connectivity index (χ1v) is 9.50. The molecule has 5 heteroatoms. The molecule has 2 aromatic rings. The van der Waals surface area contributed by atoms with E-state index in [0.29, 0.717) is 13.1 Å². The summed E-state index contributed by atoms with van der Waals surface area (Å²) in [6.45, 7) is 6.28. The van der Waals surface area contributed by atoms with E-state index >= 15 is 0 Å². The SMILES string of the molecule is CC(C)NC(=O)C(=O)N1CCN(C(c2ccccc2)c2ccccc2)CC1. The average molecular weight is 365 g/mol. The third kappa shape index (κ3) is 4.74. The van der Waals surface area contributed by atoms with Crippen molar-refractivity contribution in [1.29, 1.82) is 0 Å². The smallest absolute Gasteiger partial charge is 0.311 e. The molecule has 27 heavy (non-hydrogen) atoms. The minimum Gasteiger partial charge on any atom is -0.346 e. The number of carbonyl (C=O) groups is 2. The van der Waals surface area contributed by atoms with E-state index in [9.17, 15) is 9.59 Å². The maximum Gasteiger partial charge on any atom is 0.311 e. The van der Waals surface area contributed by atoms with Gasteiger partial charge >= 0.3 is 11.8 Å². The first-order chi connectivity index (χ1) is 13.1. The fourth-order valence-electron chi connectivity index (χ4n) is 3.54. The Kier molecular flexibility index (Phi) is 6.24. The molecule has 0 spiro atoms. The molecular formula is C22H27N3O2. The quantitative estimate of drug-likeness (QED) is 0.847. The highest BCUT2D eigenvalue weighted by Gasteiger charge is 2.30. The molecule has 0 aromatic heterocycles. The highest BCUT2D eigenvalue weighted by Crippen LogP contribution is 2.29. The monoisotopic (exact) mass is 365 g/mol. The lowest BCUT2D eigenvalue weighted by molar-refractivity contribution is -0.147. The zero-order valence-electron chi connectivity index (χ0n) is 16.0. The van der Waals surface area contributed by atoms with Crippen molar-refractivity contribution in [3.8, 4) is 0 Å². The lowest BCUT2D eigenvalue weighted by Crippen LogP contribution is -2.53. The van der Waals surface area contributed by atoms with Crippen LogP contribution >= 0.6 is 0 Å². The van der Waals surface area contributed by atoms with Gasteiger partial charge in [-0.3, -0.25) is 14.5 Å². The summed E-state index contributed by atoms with van der Waals surface area (Å²) in [6.07, 6.45) is 0. The van der Waals surface area contributed by atoms with Gasteiger partial charge in [0.25, 0.3) is 0 Å². The predicted octanol–water partition coefficient (Wildman–Crippen LogP) is 2.44. The zero-order chi connectivity index (χ0) is 19.2. The Morgan fingerprint density at radius 2 is 1.30 bits per heavy atom. The van der Waals surface area contributed by atoms with Gasteiger partial charge < -0.3 is 10.2 Å². The van der Waals surface area contributed by atoms with Crippen LogP contribution in [0.4, 0.5) is 0 Å². The summed E-state index contributed by atoms with van der Waals surface area (Å²) in [5.41, 5.74) is 2.47. The van der Waals surface area contributed by atoms with Crippen molar-refractivity contribution in [3.05, 3.63) is 71.8 Å². The van der Waals surface area contributed by atoms with Crippen LogP contribution in [-0.2, 0) is 9.59 Å². The maximum absolute atomic E-state index is 12.3. The van der Waals surface area contributed by atoms with Gasteiger partial charge in [0, 0.05) is 32.2 Å². The number of hydrogen-bond donors (Lipinski definition) is 1. The van der Waals surface area contributed by atoms with Crippen LogP contribution in [0, 0.1) is 0 Å². The number of carbonyl (C=O) groups excluding carboxylic acids is 2. The average Bonchev–Trinajstić information content (AvgIpc) is 2.69. The van der Waals surface area contributed by atoms with Gasteiger partial charge in [0.2, 0.25) is 0 Å². The molecule has 2 aromatic carbocycles. The summed E-state index contributed by atoms with van der Waals surface area (Å²) in [4.78, 5) is 28.4. The lowest BCUT2D eigenvalue weighted by atomic mass is 9.96. The molecule has 0 aliphatic carbocycles. The number of hydrogen-bond acceptors (Lipinski definition) is 3. The molecule has 142 valence electrons. The van der Waals surface area contributed by atoms with Crippen molar-refractivity contribution in [2.75, 3.05) is 26.2 Å². The summed E-state index contributed by atoms with van der Waals surface area (Å²) in [6, 6.07) is 21.0. The van der Waals surface area contributed by atoms with Crippen LogP contribution in [0.5, 0.6) is 0 Å². The largest absolute Gasteiger partial charge is 0.346 e. The molecule has 0 atom stereocenters. The van der Waals surface area contributed by atoms with Crippen molar-refractivity contribution < 1.29 is 9.59 Å². The van der Waals surface area contributed by atoms with E-state index in [-0.39, 0.29) is 12.1 Å². The molecule has 5 nitrogen and oxygen atoms in total. The minimum atomic E-state index is -0.513. The van der Waals surface area contributed by atoms with Crippen molar-refractivity contribution in [2.45, 2.75) is 25.9 Å². The first-order valence-electron chi connectivity index (χ1n) is 9.50. The molecule has 3 rings (SSSR count). The molecule has 0 saturated carbocycles. The van der Waals surface area contributed by atoms with E-state index in [1.54, 1.807) is 4.90 Å². The lowest BCUT2D eigenvalue weighted by Gasteiger charge is -2.39. The van der Waals surface area contributed by atoms with Gasteiger partial charge in [0.15, 0.2) is 0 Å². The fourth-order valence-corrected chi connectivity index (χ4v) is 3.54. The highest BCUT2D eigenvalue weighted by molar-refractivity contribution is 6.35. The molecule has 0 radical (unpaired) electrons. The normalized spacial score (nSPS) is 15.2. The second kappa shape index (κ2) is 8.82. The molecule has 2 amide bonds. The van der Waals surface area contributed by atoms with Crippen molar-refractivity contribution >= 4 is 11.8 Å². The van der Waals surface area contributed by atoms with Crippen LogP contribution < -0.4 is 5.32 Å². The van der Waals surface area contributed by atoms with Gasteiger partial charge in [-0.25, -0.2) is 0 Å². The topological polar surface area (TPSA) is 52.7 Å². The predicted molar refractivity (Wildman–Crippen MR) is 106 cm³/mol. The van der Waals surface area contributed by atoms with Crippen LogP contribution in [0.25, 0.3) is 0 Å². The molecule has 1 aliphatic heterocycles.